The van der Waals surface area contributed by atoms with Crippen molar-refractivity contribution >= 4 is 11.9 Å². The lowest BCUT2D eigenvalue weighted by atomic mass is 9.90. The number of carbonyl (C=O) groups is 1. The van der Waals surface area contributed by atoms with E-state index >= 15 is 0 Å². The highest BCUT2D eigenvalue weighted by Crippen LogP contribution is 2.48. The maximum atomic E-state index is 12.6. The molecule has 4 heterocycles. The van der Waals surface area contributed by atoms with Crippen molar-refractivity contribution in [3.8, 4) is 0 Å². The van der Waals surface area contributed by atoms with E-state index in [2.05, 4.69) is 32.7 Å². The van der Waals surface area contributed by atoms with E-state index in [1.165, 1.54) is 32.1 Å². The Hall–Kier alpha value is -1.69. The summed E-state index contributed by atoms with van der Waals surface area (Å²) in [7, 11) is 0. The van der Waals surface area contributed by atoms with Crippen LogP contribution in [0.15, 0.2) is 12.3 Å². The molecule has 1 amide bonds. The number of nitrogens with zero attached hydrogens (tertiary/aromatic N) is 5. The van der Waals surface area contributed by atoms with E-state index in [0.29, 0.717) is 24.4 Å². The van der Waals surface area contributed by atoms with Crippen molar-refractivity contribution in [1.82, 2.24) is 19.8 Å². The van der Waals surface area contributed by atoms with Gasteiger partial charge in [0.25, 0.3) is 0 Å². The van der Waals surface area contributed by atoms with E-state index < -0.39 is 0 Å². The molecule has 1 aromatic rings. The summed E-state index contributed by atoms with van der Waals surface area (Å²) in [5.41, 5.74) is 0.962. The van der Waals surface area contributed by atoms with E-state index in [0.717, 1.165) is 44.1 Å². The van der Waals surface area contributed by atoms with Crippen LogP contribution in [0.25, 0.3) is 0 Å². The number of hydrogen-bond acceptors (Lipinski definition) is 5. The molecule has 0 unspecified atom stereocenters. The van der Waals surface area contributed by atoms with E-state index in [9.17, 15) is 4.79 Å². The van der Waals surface area contributed by atoms with Crippen molar-refractivity contribution in [1.29, 1.82) is 0 Å². The first-order valence-corrected chi connectivity index (χ1v) is 10.3. The molecular formula is C20H29N5O. The summed E-state index contributed by atoms with van der Waals surface area (Å²) in [6.45, 7) is 5.24. The number of carbonyl (C=O) groups excluding carboxylic acids is 1. The Morgan fingerprint density at radius 1 is 1.15 bits per heavy atom. The Bertz CT molecular complexity index is 703. The molecule has 5 rings (SSSR count). The largest absolute Gasteiger partial charge is 0.341 e. The molecule has 3 saturated heterocycles. The molecule has 0 spiro atoms. The van der Waals surface area contributed by atoms with Crippen molar-refractivity contribution in [2.24, 2.45) is 0 Å². The van der Waals surface area contributed by atoms with Gasteiger partial charge in [-0.1, -0.05) is 12.8 Å². The maximum Gasteiger partial charge on any atom is 0.225 e. The van der Waals surface area contributed by atoms with Gasteiger partial charge in [-0.2, -0.15) is 0 Å². The molecule has 4 fully saturated rings. The Morgan fingerprint density at radius 2 is 1.92 bits per heavy atom. The predicted octanol–water partition coefficient (Wildman–Crippen LogP) is 2.54. The second-order valence-electron chi connectivity index (χ2n) is 8.57. The smallest absolute Gasteiger partial charge is 0.225 e. The first kappa shape index (κ1) is 16.5. The molecule has 0 aromatic carbocycles. The molecule has 0 radical (unpaired) electrons. The second-order valence-corrected chi connectivity index (χ2v) is 8.57. The van der Waals surface area contributed by atoms with Crippen LogP contribution >= 0.6 is 0 Å². The topological polar surface area (TPSA) is 52.6 Å². The molecule has 6 nitrogen and oxygen atoms in total. The minimum atomic E-state index is -0.129. The van der Waals surface area contributed by atoms with Gasteiger partial charge in [-0.15, -0.1) is 0 Å². The number of hydrogen-bond donors (Lipinski definition) is 0. The highest BCUT2D eigenvalue weighted by Gasteiger charge is 2.59. The maximum absolute atomic E-state index is 12.6. The monoisotopic (exact) mass is 355 g/mol. The van der Waals surface area contributed by atoms with Crippen LogP contribution in [0.5, 0.6) is 0 Å². The summed E-state index contributed by atoms with van der Waals surface area (Å²) >= 11 is 0. The van der Waals surface area contributed by atoms with Crippen molar-refractivity contribution < 1.29 is 4.79 Å². The van der Waals surface area contributed by atoms with E-state index in [-0.39, 0.29) is 5.66 Å². The molecule has 3 aliphatic heterocycles. The molecule has 1 aromatic heterocycles. The standard InChI is InChI=1S/C20H29N5O/c1-20-10-8-18(26)25(20)17-7-3-2-6-16(17)24(20)14-15-9-11-21-19(22-15)23-12-4-5-13-23/h9,11,16-17H,2-8,10,12-14H2,1H3/t16-,17-,20+/m0/s1. The molecule has 1 aliphatic carbocycles. The van der Waals surface area contributed by atoms with E-state index in [4.69, 9.17) is 4.98 Å². The van der Waals surface area contributed by atoms with Crippen LogP contribution in [0.3, 0.4) is 0 Å². The lowest BCUT2D eigenvalue weighted by Crippen LogP contribution is -2.49. The van der Waals surface area contributed by atoms with Crippen LogP contribution in [-0.2, 0) is 11.3 Å². The highest BCUT2D eigenvalue weighted by molar-refractivity contribution is 5.80. The SMILES string of the molecule is C[C@]12CCC(=O)N1[C@H]1CCCC[C@@H]1N2Cc1ccnc(N2CCCC2)n1. The number of rotatable bonds is 3. The number of fused-ring (bicyclic) bond motifs is 3. The average Bonchev–Trinajstić information content (AvgIpc) is 3.34. The number of anilines is 1. The third-order valence-corrected chi connectivity index (χ3v) is 7.07. The van der Waals surface area contributed by atoms with Gasteiger partial charge >= 0.3 is 0 Å². The van der Waals surface area contributed by atoms with Crippen molar-refractivity contribution in [2.75, 3.05) is 18.0 Å². The Balaban J connectivity index is 1.43. The third kappa shape index (κ3) is 2.45. The van der Waals surface area contributed by atoms with E-state index in [1.807, 2.05) is 6.20 Å². The fourth-order valence-corrected chi connectivity index (χ4v) is 5.80. The predicted molar refractivity (Wildman–Crippen MR) is 99.6 cm³/mol. The Morgan fingerprint density at radius 3 is 2.73 bits per heavy atom. The molecule has 4 aliphatic rings. The lowest BCUT2D eigenvalue weighted by molar-refractivity contribution is -0.133. The molecule has 3 atom stereocenters. The average molecular weight is 355 g/mol. The molecule has 140 valence electrons. The molecule has 0 bridgehead atoms. The summed E-state index contributed by atoms with van der Waals surface area (Å²) in [6, 6.07) is 2.95. The quantitative estimate of drug-likeness (QED) is 0.834. The first-order chi connectivity index (χ1) is 12.7. The summed E-state index contributed by atoms with van der Waals surface area (Å²) in [5, 5.41) is 0. The molecule has 6 heteroatoms. The zero-order valence-corrected chi connectivity index (χ0v) is 15.7. The van der Waals surface area contributed by atoms with Crippen LogP contribution in [0, 0.1) is 0 Å². The van der Waals surface area contributed by atoms with Crippen LogP contribution in [-0.4, -0.2) is 56.5 Å². The van der Waals surface area contributed by atoms with Gasteiger partial charge in [-0.25, -0.2) is 9.97 Å². The highest BCUT2D eigenvalue weighted by atomic mass is 16.2. The van der Waals surface area contributed by atoms with Crippen molar-refractivity contribution in [3.63, 3.8) is 0 Å². The summed E-state index contributed by atoms with van der Waals surface area (Å²) in [4.78, 5) is 29.1. The van der Waals surface area contributed by atoms with Crippen LogP contribution in [0.4, 0.5) is 5.95 Å². The van der Waals surface area contributed by atoms with E-state index in [1.54, 1.807) is 0 Å². The summed E-state index contributed by atoms with van der Waals surface area (Å²) < 4.78 is 0. The first-order valence-electron chi connectivity index (χ1n) is 10.3. The Kier molecular flexibility index (Phi) is 3.92. The zero-order chi connectivity index (χ0) is 17.7. The van der Waals surface area contributed by atoms with Gasteiger partial charge in [0.2, 0.25) is 11.9 Å². The molecular weight excluding hydrogens is 326 g/mol. The minimum absolute atomic E-state index is 0.129. The van der Waals surface area contributed by atoms with Gasteiger partial charge in [-0.3, -0.25) is 9.69 Å². The molecule has 1 saturated carbocycles. The summed E-state index contributed by atoms with van der Waals surface area (Å²) in [5.74, 6) is 1.23. The van der Waals surface area contributed by atoms with Crippen LogP contribution in [0.1, 0.15) is 64.0 Å². The second kappa shape index (κ2) is 6.19. The summed E-state index contributed by atoms with van der Waals surface area (Å²) in [6.07, 6.45) is 10.9. The Labute approximate surface area is 155 Å². The van der Waals surface area contributed by atoms with Gasteiger partial charge in [0.1, 0.15) is 0 Å². The van der Waals surface area contributed by atoms with Gasteiger partial charge in [0.15, 0.2) is 0 Å². The fraction of sp³-hybridized carbons (Fsp3) is 0.750. The normalized spacial score (nSPS) is 34.4. The number of amides is 1. The fourth-order valence-electron chi connectivity index (χ4n) is 5.80. The lowest BCUT2D eigenvalue weighted by Gasteiger charge is -2.37. The zero-order valence-electron chi connectivity index (χ0n) is 15.7. The van der Waals surface area contributed by atoms with Gasteiger partial charge in [0, 0.05) is 44.3 Å². The van der Waals surface area contributed by atoms with Crippen LogP contribution < -0.4 is 4.90 Å². The van der Waals surface area contributed by atoms with Gasteiger partial charge in [0.05, 0.1) is 11.4 Å². The van der Waals surface area contributed by atoms with Gasteiger partial charge < -0.3 is 9.80 Å². The van der Waals surface area contributed by atoms with Gasteiger partial charge in [-0.05, 0) is 45.1 Å². The third-order valence-electron chi connectivity index (χ3n) is 7.07. The van der Waals surface area contributed by atoms with Crippen molar-refractivity contribution in [3.05, 3.63) is 18.0 Å². The number of aromatic nitrogens is 2. The van der Waals surface area contributed by atoms with Crippen LogP contribution in [0.2, 0.25) is 0 Å². The van der Waals surface area contributed by atoms with Crippen molar-refractivity contribution in [2.45, 2.75) is 82.6 Å². The minimum Gasteiger partial charge on any atom is -0.341 e. The molecule has 26 heavy (non-hydrogen) atoms. The molecule has 0 N–H and O–H groups in total.